The molecule has 0 heterocycles. The van der Waals surface area contributed by atoms with Crippen LogP contribution in [0, 0.1) is 6.92 Å². The number of hydrogen-bond acceptors (Lipinski definition) is 5. The second-order valence-electron chi connectivity index (χ2n) is 9.81. The highest BCUT2D eigenvalue weighted by Gasteiger charge is 2.28. The molecule has 9 heteroatoms. The Morgan fingerprint density at radius 1 is 1.11 bits per heavy atom. The van der Waals surface area contributed by atoms with E-state index in [2.05, 4.69) is 5.32 Å². The molecule has 1 aliphatic carbocycles. The molecule has 8 nitrogen and oxygen atoms in total. The van der Waals surface area contributed by atoms with Gasteiger partial charge in [0, 0.05) is 25.6 Å². The van der Waals surface area contributed by atoms with Gasteiger partial charge in [-0.05, 0) is 68.5 Å². The quantitative estimate of drug-likeness (QED) is 0.448. The number of amides is 2. The Kier molecular flexibility index (Phi) is 9.97. The maximum Gasteiger partial charge on any atom is 0.242 e. The molecule has 3 rings (SSSR count). The van der Waals surface area contributed by atoms with E-state index in [1.165, 1.54) is 10.6 Å². The molecule has 0 bridgehead atoms. The van der Waals surface area contributed by atoms with Gasteiger partial charge in [0.2, 0.25) is 21.8 Å². The van der Waals surface area contributed by atoms with Crippen molar-refractivity contribution in [2.75, 3.05) is 24.2 Å². The fourth-order valence-corrected chi connectivity index (χ4v) is 5.65. The van der Waals surface area contributed by atoms with Crippen molar-refractivity contribution in [1.82, 2.24) is 10.2 Å². The van der Waals surface area contributed by atoms with E-state index in [1.54, 1.807) is 25.0 Å². The predicted molar refractivity (Wildman–Crippen MR) is 146 cm³/mol. The number of carbonyl (C=O) groups is 2. The highest BCUT2D eigenvalue weighted by molar-refractivity contribution is 7.92. The van der Waals surface area contributed by atoms with E-state index in [9.17, 15) is 18.0 Å². The molecule has 2 amide bonds. The van der Waals surface area contributed by atoms with Gasteiger partial charge in [-0.3, -0.25) is 13.9 Å². The smallest absolute Gasteiger partial charge is 0.242 e. The monoisotopic (exact) mass is 529 g/mol. The van der Waals surface area contributed by atoms with Crippen LogP contribution in [0.5, 0.6) is 5.75 Å². The van der Waals surface area contributed by atoms with Crippen LogP contribution in [-0.2, 0) is 26.2 Å². The number of methoxy groups -OCH3 is 1. The number of benzene rings is 2. The van der Waals surface area contributed by atoms with Gasteiger partial charge in [0.1, 0.15) is 11.8 Å². The number of carbonyl (C=O) groups excluding carboxylic acids is 2. The Balaban J connectivity index is 1.72. The van der Waals surface area contributed by atoms with Crippen molar-refractivity contribution in [1.29, 1.82) is 0 Å². The van der Waals surface area contributed by atoms with E-state index in [0.717, 1.165) is 36.8 Å². The normalized spacial score (nSPS) is 14.7. The minimum absolute atomic E-state index is 0.120. The van der Waals surface area contributed by atoms with Gasteiger partial charge in [0.25, 0.3) is 0 Å². The van der Waals surface area contributed by atoms with Crippen LogP contribution in [0.25, 0.3) is 0 Å². The highest BCUT2D eigenvalue weighted by atomic mass is 32.2. The molecule has 0 radical (unpaired) electrons. The molecule has 0 saturated heterocycles. The average molecular weight is 530 g/mol. The van der Waals surface area contributed by atoms with Crippen LogP contribution in [0.15, 0.2) is 48.5 Å². The first-order valence-corrected chi connectivity index (χ1v) is 14.7. The molecule has 0 spiro atoms. The van der Waals surface area contributed by atoms with E-state index >= 15 is 0 Å². The van der Waals surface area contributed by atoms with Gasteiger partial charge in [-0.25, -0.2) is 8.42 Å². The molecular weight excluding hydrogens is 490 g/mol. The second kappa shape index (κ2) is 12.9. The van der Waals surface area contributed by atoms with Gasteiger partial charge in [-0.15, -0.1) is 0 Å². The summed E-state index contributed by atoms with van der Waals surface area (Å²) in [5.41, 5.74) is 2.41. The van der Waals surface area contributed by atoms with Gasteiger partial charge < -0.3 is 15.0 Å². The van der Waals surface area contributed by atoms with E-state index in [4.69, 9.17) is 4.74 Å². The summed E-state index contributed by atoms with van der Waals surface area (Å²) in [7, 11) is -1.92. The van der Waals surface area contributed by atoms with E-state index in [1.807, 2.05) is 49.4 Å². The lowest BCUT2D eigenvalue weighted by atomic mass is 10.1. The zero-order valence-corrected chi connectivity index (χ0v) is 23.1. The van der Waals surface area contributed by atoms with Gasteiger partial charge in [0.15, 0.2) is 0 Å². The minimum atomic E-state index is -3.52. The Morgan fingerprint density at radius 2 is 1.78 bits per heavy atom. The number of rotatable bonds is 12. The van der Waals surface area contributed by atoms with Crippen LogP contribution in [0.4, 0.5) is 5.69 Å². The topological polar surface area (TPSA) is 96.0 Å². The van der Waals surface area contributed by atoms with Crippen LogP contribution in [0.1, 0.15) is 56.6 Å². The van der Waals surface area contributed by atoms with E-state index in [0.29, 0.717) is 17.9 Å². The summed E-state index contributed by atoms with van der Waals surface area (Å²) in [4.78, 5) is 28.1. The Bertz CT molecular complexity index is 1160. The number of ether oxygens (including phenoxy) is 1. The summed E-state index contributed by atoms with van der Waals surface area (Å²) in [5.74, 6) is 0.361. The third-order valence-electron chi connectivity index (χ3n) is 6.82. The third kappa shape index (κ3) is 8.21. The molecular formula is C28H39N3O5S. The van der Waals surface area contributed by atoms with Crippen molar-refractivity contribution >= 4 is 27.5 Å². The molecule has 0 aliphatic heterocycles. The summed E-state index contributed by atoms with van der Waals surface area (Å²) in [6, 6.07) is 14.2. The van der Waals surface area contributed by atoms with Crippen LogP contribution >= 0.6 is 0 Å². The number of sulfonamides is 1. The number of aryl methyl sites for hydroxylation is 1. The third-order valence-corrected chi connectivity index (χ3v) is 8.02. The summed E-state index contributed by atoms with van der Waals surface area (Å²) in [6.45, 7) is 4.10. The molecule has 1 atom stereocenters. The van der Waals surface area contributed by atoms with E-state index in [-0.39, 0.29) is 37.4 Å². The first-order chi connectivity index (χ1) is 17.6. The van der Waals surface area contributed by atoms with Gasteiger partial charge in [0.05, 0.1) is 19.1 Å². The predicted octanol–water partition coefficient (Wildman–Crippen LogP) is 4.03. The first kappa shape index (κ1) is 28.5. The molecule has 1 saturated carbocycles. The first-order valence-electron chi connectivity index (χ1n) is 12.9. The van der Waals surface area contributed by atoms with Gasteiger partial charge >= 0.3 is 0 Å². The Morgan fingerprint density at radius 3 is 2.38 bits per heavy atom. The molecule has 0 aromatic heterocycles. The summed E-state index contributed by atoms with van der Waals surface area (Å²) in [5, 5.41) is 3.10. The number of anilines is 1. The molecule has 1 N–H and O–H groups in total. The van der Waals surface area contributed by atoms with Crippen LogP contribution in [0.3, 0.4) is 0 Å². The van der Waals surface area contributed by atoms with Gasteiger partial charge in [-0.2, -0.15) is 0 Å². The molecule has 1 fully saturated rings. The highest BCUT2D eigenvalue weighted by Crippen LogP contribution is 2.22. The molecule has 1 aliphatic rings. The zero-order chi connectivity index (χ0) is 27.0. The van der Waals surface area contributed by atoms with E-state index < -0.39 is 16.1 Å². The Hall–Kier alpha value is -3.07. The summed E-state index contributed by atoms with van der Waals surface area (Å²) >= 11 is 0. The number of nitrogens with one attached hydrogen (secondary N) is 1. The largest absolute Gasteiger partial charge is 0.497 e. The molecule has 37 heavy (non-hydrogen) atoms. The number of nitrogens with zero attached hydrogens (tertiary/aromatic N) is 2. The van der Waals surface area contributed by atoms with Crippen molar-refractivity contribution in [2.45, 2.75) is 71.0 Å². The fraction of sp³-hybridized carbons (Fsp3) is 0.500. The van der Waals surface area contributed by atoms with Crippen LogP contribution in [0.2, 0.25) is 0 Å². The fourth-order valence-electron chi connectivity index (χ4n) is 4.69. The summed E-state index contributed by atoms with van der Waals surface area (Å²) < 4.78 is 31.5. The molecule has 2 aromatic rings. The zero-order valence-electron chi connectivity index (χ0n) is 22.3. The van der Waals surface area contributed by atoms with Crippen molar-refractivity contribution in [3.63, 3.8) is 0 Å². The van der Waals surface area contributed by atoms with Crippen molar-refractivity contribution < 1.29 is 22.7 Å². The molecule has 0 unspecified atom stereocenters. The van der Waals surface area contributed by atoms with Crippen LogP contribution in [-0.4, -0.2) is 57.1 Å². The average Bonchev–Trinajstić information content (AvgIpc) is 3.37. The second-order valence-corrected chi connectivity index (χ2v) is 11.7. The van der Waals surface area contributed by atoms with Crippen LogP contribution < -0.4 is 14.4 Å². The van der Waals surface area contributed by atoms with Crippen molar-refractivity contribution in [3.05, 3.63) is 59.7 Å². The Labute approximate surface area is 221 Å². The minimum Gasteiger partial charge on any atom is -0.497 e. The lowest BCUT2D eigenvalue weighted by Gasteiger charge is -2.30. The maximum atomic E-state index is 13.4. The molecule has 202 valence electrons. The van der Waals surface area contributed by atoms with Crippen molar-refractivity contribution in [3.8, 4) is 5.75 Å². The lowest BCUT2D eigenvalue weighted by molar-refractivity contribution is -0.141. The lowest BCUT2D eigenvalue weighted by Crippen LogP contribution is -2.49. The SMILES string of the molecule is COc1ccc(CN(C(=O)CCCN(c2cccc(C)c2)S(C)(=O)=O)[C@H](C)C(=O)NC2CCCC2)cc1. The summed E-state index contributed by atoms with van der Waals surface area (Å²) in [6.07, 6.45) is 5.75. The maximum absolute atomic E-state index is 13.4. The number of hydrogen-bond donors (Lipinski definition) is 1. The van der Waals surface area contributed by atoms with Gasteiger partial charge in [-0.1, -0.05) is 37.1 Å². The standard InChI is InChI=1S/C28H39N3O5S/c1-21-9-7-12-25(19-21)31(37(4,34)35)18-8-13-27(32)30(20-23-14-16-26(36-3)17-15-23)22(2)28(33)29-24-10-5-6-11-24/h7,9,12,14-17,19,22,24H,5-6,8,10-11,13,18,20H2,1-4H3,(H,29,33)/t22-/m1/s1. The molecule has 2 aromatic carbocycles. The van der Waals surface area contributed by atoms with Crippen molar-refractivity contribution in [2.24, 2.45) is 0 Å².